The van der Waals surface area contributed by atoms with Crippen molar-refractivity contribution in [2.45, 2.75) is 132 Å². The van der Waals surface area contributed by atoms with Gasteiger partial charge in [-0.3, -0.25) is 22.8 Å². The predicted octanol–water partition coefficient (Wildman–Crippen LogP) is 18.2. The molecule has 5 aliphatic rings. The van der Waals surface area contributed by atoms with Crippen LogP contribution in [0, 0.1) is 0 Å². The highest BCUT2D eigenvalue weighted by molar-refractivity contribution is 7.86. The topological polar surface area (TPSA) is 318 Å². The molecule has 8 aromatic carbocycles. The summed E-state index contributed by atoms with van der Waals surface area (Å²) in [5.41, 5.74) is 11.5. The van der Waals surface area contributed by atoms with E-state index in [-0.39, 0.29) is 46.5 Å². The Morgan fingerprint density at radius 3 is 1.70 bits per heavy atom. The van der Waals surface area contributed by atoms with Gasteiger partial charge < -0.3 is 15.1 Å². The van der Waals surface area contributed by atoms with Crippen LogP contribution >= 0.6 is 36.1 Å². The van der Waals surface area contributed by atoms with E-state index < -0.39 is 72.9 Å². The van der Waals surface area contributed by atoms with E-state index in [1.807, 2.05) is 160 Å². The minimum Gasteiger partial charge on any atom is -0.366 e. The van der Waals surface area contributed by atoms with E-state index in [1.165, 1.54) is 24.3 Å². The number of hydrogen-bond acceptors (Lipinski definition) is 16. The Morgan fingerprint density at radius 1 is 0.591 bits per heavy atom. The highest BCUT2D eigenvalue weighted by Gasteiger charge is 2.48. The third-order valence-electron chi connectivity index (χ3n) is 20.9. The molecule has 29 heteroatoms. The van der Waals surface area contributed by atoms with Gasteiger partial charge in [0, 0.05) is 81.7 Å². The molecule has 6 N–H and O–H groups in total. The molecule has 0 aromatic heterocycles. The molecule has 110 heavy (non-hydrogen) atoms. The largest absolute Gasteiger partial charge is 0.366 e. The number of nitrogens with zero attached hydrogens (tertiary/aromatic N) is 2. The van der Waals surface area contributed by atoms with Gasteiger partial charge in [-0.2, -0.15) is 46.7 Å². The molecule has 2 aliphatic heterocycles. The second-order valence-electron chi connectivity index (χ2n) is 28.9. The van der Waals surface area contributed by atoms with Crippen molar-refractivity contribution < 1.29 is 83.7 Å². The van der Waals surface area contributed by atoms with Gasteiger partial charge in [0.2, 0.25) is 5.69 Å². The average Bonchev–Trinajstić information content (AvgIpc) is 1.59. The number of hydrogen-bond donors (Lipinski definition) is 7. The van der Waals surface area contributed by atoms with E-state index in [9.17, 15) is 60.3 Å². The normalized spacial score (nSPS) is 18.2. The number of fused-ring (bicyclic) bond motifs is 9. The van der Waals surface area contributed by atoms with E-state index in [4.69, 9.17) is 32.6 Å². The molecule has 0 amide bonds. The number of halogens is 2. The third-order valence-corrected chi connectivity index (χ3v) is 25.7. The average molecular weight is 1650 g/mol. The molecular formula is C81H88Cl2N3O18S6+. The van der Waals surface area contributed by atoms with Crippen LogP contribution in [0.15, 0.2) is 243 Å². The number of nitrogens with one attached hydrogen (secondary N) is 1. The van der Waals surface area contributed by atoms with Crippen LogP contribution < -0.4 is 15.1 Å². The number of para-hydroxylation sites is 1. The molecule has 0 spiro atoms. The van der Waals surface area contributed by atoms with Crippen molar-refractivity contribution in [3.05, 3.63) is 255 Å². The predicted molar refractivity (Wildman–Crippen MR) is 440 cm³/mol. The van der Waals surface area contributed by atoms with Crippen LogP contribution in [-0.4, -0.2) is 112 Å². The maximum atomic E-state index is 12.0. The van der Waals surface area contributed by atoms with Gasteiger partial charge in [-0.1, -0.05) is 172 Å². The van der Waals surface area contributed by atoms with Crippen LogP contribution in [0.2, 0.25) is 0 Å². The number of thiol groups is 1. The molecule has 3 aliphatic carbocycles. The van der Waals surface area contributed by atoms with Crippen molar-refractivity contribution in [3.8, 4) is 5.75 Å². The van der Waals surface area contributed by atoms with E-state index in [0.29, 0.717) is 46.5 Å². The molecule has 8 aromatic rings. The summed E-state index contributed by atoms with van der Waals surface area (Å²) in [5, 5.41) is 13.8. The maximum absolute atomic E-state index is 12.0. The van der Waals surface area contributed by atoms with Gasteiger partial charge in [-0.05, 0) is 215 Å². The molecule has 2 heterocycles. The summed E-state index contributed by atoms with van der Waals surface area (Å²) >= 11 is 17.1. The van der Waals surface area contributed by atoms with Crippen LogP contribution in [0.1, 0.15) is 122 Å². The smallest absolute Gasteiger partial charge is 0.294 e. The lowest BCUT2D eigenvalue weighted by molar-refractivity contribution is -0.432. The zero-order chi connectivity index (χ0) is 80.1. The molecule has 0 radical (unpaired) electrons. The Bertz CT molecular complexity index is 5720. The van der Waals surface area contributed by atoms with Gasteiger partial charge in [-0.25, -0.2) is 0 Å². The lowest BCUT2D eigenvalue weighted by atomic mass is 9.77. The van der Waals surface area contributed by atoms with Crippen molar-refractivity contribution in [2.75, 3.05) is 40.6 Å². The standard InChI is InChI=1S/C42H45ClN2O12S4.C18H20O6S2.C15H16ClN.C6H6/c1-41(2)36(44(20-22-59(46,47)48)34-16-8-28-24-30(55-56-57-58)12-14-32(28)38(34)41)18-10-26-6-5-7-27(40(26)43)11-19-37-42(3,4)39-33-15-13-31(61(52,53)54)25-29(33)9-17-35(39)45(37)21-23-60(49,50)51;1-11-14(8-9-25(19,20)21)16-6-4-12-10-13(26(22,23)24)5-7-15(12)17(16)18(11,2)3;1-2-12-7-6-8-13(15(12)16)11-17-14-9-4-3-5-10-14;1-2-4-6-5-3-1/h8-17,19,24-25,36H,5-7,18,20-23H2,1-4H3,(H3-,46,47,48,49,50,51,52,53,54,58);4-7,10H,8-9H2,1-3H3,(H,19,20,21)(H,22,23,24);2-5,9-11,17H,1,6-8H2;1-6H/p+1/b19-11+,26-10?;;;. The summed E-state index contributed by atoms with van der Waals surface area (Å²) in [6.45, 7) is 18.0. The minimum absolute atomic E-state index is 0.0568. The quantitative estimate of drug-likeness (QED) is 0.00878. The van der Waals surface area contributed by atoms with Crippen LogP contribution in [0.3, 0.4) is 0 Å². The van der Waals surface area contributed by atoms with Crippen LogP contribution in [0.25, 0.3) is 37.9 Å². The molecule has 13 rings (SSSR count). The Morgan fingerprint density at radius 2 is 1.12 bits per heavy atom. The summed E-state index contributed by atoms with van der Waals surface area (Å²) in [4.78, 5) is 6.73. The molecule has 584 valence electrons. The van der Waals surface area contributed by atoms with Gasteiger partial charge in [0.1, 0.15) is 5.75 Å². The van der Waals surface area contributed by atoms with Crippen molar-refractivity contribution in [1.82, 2.24) is 0 Å². The van der Waals surface area contributed by atoms with Crippen molar-refractivity contribution >= 4 is 147 Å². The SMILES string of the molecule is C=CC1=C(Cl)C(=CNc2ccccc2)CCC1.CC1(C)C(/C=C/C2=C(Cl)C(=CCC3N(CCS(=O)(=O)O)c4ccc5cc(OOOS)ccc5c4C3(C)C)CCC2)=[N+](CCS(=O)(=O)O)c2ccc3cc(S(=O)(=O)O)ccc3c21.CC1=C(CCS(=O)(=O)O)c2ccc3cc(S(=O)(=O)O)ccc3c2C1(C)C.c1ccccc1. The minimum atomic E-state index is -4.45. The molecule has 0 fully saturated rings. The number of rotatable bonds is 21. The highest BCUT2D eigenvalue weighted by Crippen LogP contribution is 2.53. The Balaban J connectivity index is 0.000000211. The highest BCUT2D eigenvalue weighted by atomic mass is 35.5. The van der Waals surface area contributed by atoms with Gasteiger partial charge in [0.25, 0.3) is 50.6 Å². The molecule has 0 saturated heterocycles. The van der Waals surface area contributed by atoms with Gasteiger partial charge in [0.05, 0.1) is 26.7 Å². The van der Waals surface area contributed by atoms with E-state index in [2.05, 4.69) is 54.1 Å². The lowest BCUT2D eigenvalue weighted by Crippen LogP contribution is -2.43. The second-order valence-corrected chi connectivity index (χ2v) is 37.3. The first kappa shape index (κ1) is 84.6. The van der Waals surface area contributed by atoms with Crippen molar-refractivity contribution in [3.63, 3.8) is 0 Å². The fourth-order valence-corrected chi connectivity index (χ4v) is 18.4. The molecule has 0 saturated carbocycles. The fourth-order valence-electron chi connectivity index (χ4n) is 15.3. The second kappa shape index (κ2) is 34.3. The first-order chi connectivity index (χ1) is 51.6. The van der Waals surface area contributed by atoms with Crippen LogP contribution in [0.5, 0.6) is 5.75 Å². The summed E-state index contributed by atoms with van der Waals surface area (Å²) in [6.07, 6.45) is 15.9. The van der Waals surface area contributed by atoms with Gasteiger partial charge >= 0.3 is 0 Å². The Hall–Kier alpha value is -7.81. The van der Waals surface area contributed by atoms with E-state index in [1.54, 1.807) is 42.5 Å². The van der Waals surface area contributed by atoms with Crippen molar-refractivity contribution in [2.24, 2.45) is 0 Å². The van der Waals surface area contributed by atoms with E-state index >= 15 is 0 Å². The molecule has 1 unspecified atom stereocenters. The Kier molecular flexibility index (Phi) is 26.4. The fraction of sp³-hybridized carbons (Fsp3) is 0.296. The van der Waals surface area contributed by atoms with Gasteiger partial charge in [0.15, 0.2) is 18.0 Å². The first-order valence-corrected chi connectivity index (χ1v) is 44.0. The van der Waals surface area contributed by atoms with Gasteiger partial charge in [-0.15, -0.1) is 4.33 Å². The summed E-state index contributed by atoms with van der Waals surface area (Å²) < 4.78 is 171. The monoisotopic (exact) mass is 1650 g/mol. The summed E-state index contributed by atoms with van der Waals surface area (Å²) in [5.74, 6) is -0.959. The zero-order valence-corrected chi connectivity index (χ0v) is 68.0. The number of benzene rings is 8. The number of allylic oxidation sites excluding steroid dienone is 11. The van der Waals surface area contributed by atoms with E-state index in [0.717, 1.165) is 125 Å². The van der Waals surface area contributed by atoms with Crippen LogP contribution in [0.4, 0.5) is 17.1 Å². The molecule has 21 nitrogen and oxygen atoms in total. The maximum Gasteiger partial charge on any atom is 0.294 e. The third kappa shape index (κ3) is 19.8. The molecule has 0 bridgehead atoms. The van der Waals surface area contributed by atoms with Crippen molar-refractivity contribution in [1.29, 1.82) is 0 Å². The zero-order valence-electron chi connectivity index (χ0n) is 61.6. The molecule has 1 atom stereocenters. The lowest BCUT2D eigenvalue weighted by Gasteiger charge is -2.34. The van der Waals surface area contributed by atoms with Crippen LogP contribution in [-0.2, 0) is 76.2 Å². The number of anilines is 2. The molecular weight excluding hydrogens is 1570 g/mol. The Labute approximate surface area is 659 Å². The summed E-state index contributed by atoms with van der Waals surface area (Å²) in [7, 11) is -21.4. The first-order valence-electron chi connectivity index (χ1n) is 35.2. The summed E-state index contributed by atoms with van der Waals surface area (Å²) in [6, 6.07) is 47.0.